The lowest BCUT2D eigenvalue weighted by Gasteiger charge is -2.53. The summed E-state index contributed by atoms with van der Waals surface area (Å²) in [6, 6.07) is 8.90. The van der Waals surface area contributed by atoms with Gasteiger partial charge in [-0.15, -0.1) is 0 Å². The SMILES string of the molecule is C.C.C.C.C.C.C.C.C.C.C.C.C.C.C.C.C.C.C=C(C)C(=O)OC1[C@@H](OC)OC(CC)[C@@H](O)[C@H]1O.C=C(C)C(=O)OCCOC(=O)C(=C)C.C=CC(=O)NCC1OCCC(CC(O)CC)O1.C=CC(=O)OCC(CO)OC(C)CC(O)CC.C=CC(=O)OCCOC(=O)C=C.CC(O)COC(=O)C=CC(=O)OCCOO.[B][C@@]1(O[C@@H]2OC(C(=O)O)C(OC)[C@H](O)C2OC(=O)C=Cc2ccccc2)C(O)C(CO)O[C@@H](C)C1C. The predicted molar refractivity (Wildman–Crippen MR) is 580 cm³/mol. The average molecular weight is 2150 g/mol. The van der Waals surface area contributed by atoms with E-state index in [1.165, 1.54) is 40.2 Å². The minimum atomic E-state index is -1.93. The van der Waals surface area contributed by atoms with Crippen molar-refractivity contribution in [2.45, 2.75) is 370 Å². The summed E-state index contributed by atoms with van der Waals surface area (Å²) in [6.07, 6.45) is -6.47. The number of carboxylic acids is 1. The van der Waals surface area contributed by atoms with Crippen LogP contribution in [0.3, 0.4) is 0 Å². The quantitative estimate of drug-likeness (QED) is 0.00549. The number of hydrogen-bond acceptors (Lipinski definition) is 40. The summed E-state index contributed by atoms with van der Waals surface area (Å²) in [5.41, 5.74) is -0.382. The first-order valence-electron chi connectivity index (χ1n) is 41.0. The van der Waals surface area contributed by atoms with Gasteiger partial charge in [0.15, 0.2) is 37.2 Å². The Hall–Kier alpha value is -9.69. The molecule has 1 aromatic carbocycles. The molecular weight excluding hydrogens is 1940 g/mol. The van der Waals surface area contributed by atoms with Crippen LogP contribution < -0.4 is 5.32 Å². The molecule has 4 saturated heterocycles. The summed E-state index contributed by atoms with van der Waals surface area (Å²) in [4.78, 5) is 126. The van der Waals surface area contributed by atoms with Gasteiger partial charge in [-0.1, -0.05) is 238 Å². The normalized spacial score (nSPS) is 21.6. The lowest BCUT2D eigenvalue weighted by atomic mass is 9.63. The lowest BCUT2D eigenvalue weighted by molar-refractivity contribution is -0.342. The van der Waals surface area contributed by atoms with Gasteiger partial charge in [0.25, 0.3) is 0 Å². The van der Waals surface area contributed by atoms with E-state index >= 15 is 0 Å². The largest absolute Gasteiger partial charge is 0.479 e. The van der Waals surface area contributed by atoms with E-state index < -0.39 is 182 Å². The maximum Gasteiger partial charge on any atom is 0.335 e. The highest BCUT2D eigenvalue weighted by Gasteiger charge is 2.57. The summed E-state index contributed by atoms with van der Waals surface area (Å²) in [5.74, 6) is -8.04. The van der Waals surface area contributed by atoms with Crippen LogP contribution in [0, 0.1) is 5.92 Å². The monoisotopic (exact) mass is 2150 g/mol. The molecule has 878 valence electrons. The van der Waals surface area contributed by atoms with Gasteiger partial charge in [-0.2, -0.15) is 0 Å². The minimum Gasteiger partial charge on any atom is -0.479 e. The molecule has 1 amide bonds. The number of hydrogen-bond donors (Lipinski definition) is 12. The highest BCUT2D eigenvalue weighted by molar-refractivity contribution is 6.15. The Labute approximate surface area is 890 Å². The van der Waals surface area contributed by atoms with Crippen LogP contribution in [0.25, 0.3) is 6.08 Å². The first-order valence-corrected chi connectivity index (χ1v) is 41.0. The number of ether oxygens (including phenoxy) is 18. The summed E-state index contributed by atoms with van der Waals surface area (Å²) < 4.78 is 91.7. The van der Waals surface area contributed by atoms with Gasteiger partial charge in [-0.3, -0.25) is 10.1 Å². The first kappa shape index (κ1) is 186. The van der Waals surface area contributed by atoms with Gasteiger partial charge in [0.2, 0.25) is 5.91 Å². The van der Waals surface area contributed by atoms with Crippen molar-refractivity contribution in [2.75, 3.05) is 93.4 Å². The molecule has 0 aliphatic carbocycles. The van der Waals surface area contributed by atoms with Crippen LogP contribution in [-0.2, 0) is 143 Å². The van der Waals surface area contributed by atoms with Crippen LogP contribution in [0.15, 0.2) is 136 Å². The zero-order chi connectivity index (χ0) is 99.3. The van der Waals surface area contributed by atoms with E-state index in [1.807, 2.05) is 26.8 Å². The molecular formula is C105H204BNO41. The van der Waals surface area contributed by atoms with E-state index in [9.17, 15) is 93.6 Å². The van der Waals surface area contributed by atoms with Crippen molar-refractivity contribution in [1.82, 2.24) is 5.32 Å². The van der Waals surface area contributed by atoms with Crippen LogP contribution in [0.2, 0.25) is 0 Å². The van der Waals surface area contributed by atoms with Crippen molar-refractivity contribution < 1.29 is 199 Å². The summed E-state index contributed by atoms with van der Waals surface area (Å²) >= 11 is 0. The van der Waals surface area contributed by atoms with Crippen molar-refractivity contribution in [2.24, 2.45) is 5.92 Å². The number of aliphatic carboxylic acids is 1. The molecule has 0 saturated carbocycles. The molecule has 0 aromatic heterocycles. The second-order valence-corrected chi connectivity index (χ2v) is 28.6. The lowest BCUT2D eigenvalue weighted by Crippen LogP contribution is -2.69. The Bertz CT molecular complexity index is 3610. The van der Waals surface area contributed by atoms with Gasteiger partial charge in [0, 0.05) is 73.3 Å². The number of benzene rings is 1. The number of rotatable bonds is 44. The van der Waals surface area contributed by atoms with E-state index in [0.717, 1.165) is 49.3 Å². The maximum absolute atomic E-state index is 12.6. The topological polar surface area (TPSA) is 598 Å². The Morgan fingerprint density at radius 1 is 0.527 bits per heavy atom. The molecule has 12 N–H and O–H groups in total. The van der Waals surface area contributed by atoms with Gasteiger partial charge >= 0.3 is 59.7 Å². The number of esters is 9. The number of carbonyl (C=O) groups is 11. The number of methoxy groups -OCH3 is 2. The van der Waals surface area contributed by atoms with Crippen molar-refractivity contribution in [3.63, 3.8) is 0 Å². The van der Waals surface area contributed by atoms with Crippen LogP contribution in [0.5, 0.6) is 0 Å². The molecule has 43 heteroatoms. The van der Waals surface area contributed by atoms with Gasteiger partial charge in [0.05, 0.1) is 74.6 Å². The van der Waals surface area contributed by atoms with Gasteiger partial charge in [-0.05, 0) is 97.8 Å². The van der Waals surface area contributed by atoms with Crippen LogP contribution in [-0.4, -0.2) is 351 Å². The molecule has 4 fully saturated rings. The number of nitrogens with one attached hydrogen (secondary N) is 1. The molecule has 5 rings (SSSR count). The summed E-state index contributed by atoms with van der Waals surface area (Å²) in [7, 11) is 8.99. The highest BCUT2D eigenvalue weighted by Crippen LogP contribution is 2.39. The number of carbonyl (C=O) groups excluding carboxylic acids is 10. The zero-order valence-electron chi connectivity index (χ0n) is 75.6. The number of carboxylic acid groups (broad SMARTS) is 1. The maximum atomic E-state index is 12.6. The fourth-order valence-electron chi connectivity index (χ4n) is 10.6. The smallest absolute Gasteiger partial charge is 0.335 e. The Morgan fingerprint density at radius 3 is 1.40 bits per heavy atom. The minimum absolute atomic E-state index is 0. The third kappa shape index (κ3) is 77.6. The van der Waals surface area contributed by atoms with Crippen molar-refractivity contribution in [3.8, 4) is 0 Å². The van der Waals surface area contributed by atoms with E-state index in [2.05, 4.69) is 84.7 Å². The second kappa shape index (κ2) is 106. The molecule has 4 heterocycles. The third-order valence-corrected chi connectivity index (χ3v) is 17.9. The van der Waals surface area contributed by atoms with E-state index in [0.29, 0.717) is 55.5 Å². The van der Waals surface area contributed by atoms with Gasteiger partial charge in [0.1, 0.15) is 103 Å². The first-order chi connectivity index (χ1) is 61.3. The summed E-state index contributed by atoms with van der Waals surface area (Å²) in [6.45, 7) is 39.8. The molecule has 4 aliphatic heterocycles. The van der Waals surface area contributed by atoms with Gasteiger partial charge < -0.3 is 142 Å². The van der Waals surface area contributed by atoms with Crippen molar-refractivity contribution in [1.29, 1.82) is 0 Å². The number of amides is 1. The van der Waals surface area contributed by atoms with Crippen LogP contribution in [0.4, 0.5) is 0 Å². The molecule has 148 heavy (non-hydrogen) atoms. The predicted octanol–water partition coefficient (Wildman–Crippen LogP) is 13.3. The molecule has 0 bridgehead atoms. The molecule has 42 nitrogen and oxygen atoms in total. The fraction of sp³-hybridized carbons (Fsp3) is 0.667. The third-order valence-electron chi connectivity index (χ3n) is 17.9. The van der Waals surface area contributed by atoms with Gasteiger partial charge in [-0.25, -0.2) is 52.8 Å². The Balaban J connectivity index is -0.0000000726. The molecule has 0 spiro atoms. The van der Waals surface area contributed by atoms with E-state index in [4.69, 9.17) is 80.2 Å². The Morgan fingerprint density at radius 2 is 0.980 bits per heavy atom. The zero-order valence-corrected chi connectivity index (χ0v) is 75.6. The average Bonchev–Trinajstić information content (AvgIpc) is 0.751. The fourth-order valence-corrected chi connectivity index (χ4v) is 10.6. The molecule has 4 aliphatic rings. The van der Waals surface area contributed by atoms with Crippen LogP contribution >= 0.6 is 0 Å². The molecule has 15 unspecified atom stereocenters. The standard InChI is InChI=1S/C24H31BO11.C12H21NO4.C12H20O6.C12H22O5.C10H14O4.C9H14O7.C8H10O4.18CH4/c1-12-13(2)33-15(11-26)21(29)24(12,25)36-23-19(17(28)18(32-3)20(35-23)22(30)31)34-16(27)10-9-14-7-5-4-6-8-14;1-3-9(14)7-10-5-6-16-12(17-10)8-13-11(15)4-2;1-5-7-8(13)9(14)10(12(16-4)17-7)18-11(15)6(2)3;1-4-10(14)6-9(3)17-11(7-13)8-16-12(15)5-2;1-7(2)9(11)13-5-6-14-10(12)8(3)4;1-7(10)6-15-9(12)3-2-8(11)14-4-5-16-13;1-3-7(9)11-5-6-12-8(10)4-2;;;;;;;;;;;;;;;;;;/h4-10,12-13,15,17-21,23,26,28-29H,11H2,1-3H3,(H,30,31);4,9-10,12,14H,2-3,5-8H2,1H3,(H,13,15);7-10,12-14H,2,5H2,1,3-4H3;5,9-11,13-14H,2,4,6-8H2,1,3H3;1,3,5-6H2,2,4H3;2-3,7,10,13H,4-6H2,1H3;3-4H,1-2,5-6H2;18*1H4/t12?,13-,15?,17-,18?,19?,20?,21?,23-,24-;;7?,8-,9-,10?,12+;;;;;;;;;;;;;;;;;;;;;;/m0.1....................../s1. The number of aliphatic hydroxyl groups excluding tert-OH is 9. The summed E-state index contributed by atoms with van der Waals surface area (Å²) in [5, 5.41) is 108. The second-order valence-electron chi connectivity index (χ2n) is 28.6. The highest BCUT2D eigenvalue weighted by atomic mass is 17.1. The molecule has 22 atom stereocenters. The van der Waals surface area contributed by atoms with Crippen molar-refractivity contribution in [3.05, 3.63) is 141 Å². The van der Waals surface area contributed by atoms with E-state index in [1.54, 1.807) is 58.9 Å². The molecule has 1 aromatic rings. The van der Waals surface area contributed by atoms with Crippen molar-refractivity contribution >= 4 is 79.5 Å². The Kier molecular flexibility index (Phi) is 133. The van der Waals surface area contributed by atoms with Crippen LogP contribution in [0.1, 0.15) is 247 Å². The molecule has 2 radical (unpaired) electrons. The number of aliphatic hydroxyl groups is 9. The van der Waals surface area contributed by atoms with E-state index in [-0.39, 0.29) is 223 Å².